The highest BCUT2D eigenvalue weighted by Gasteiger charge is 2.10. The van der Waals surface area contributed by atoms with Gasteiger partial charge in [0.2, 0.25) is 5.13 Å². The van der Waals surface area contributed by atoms with Crippen molar-refractivity contribution in [2.45, 2.75) is 52.9 Å². The second-order valence-electron chi connectivity index (χ2n) is 6.11. The van der Waals surface area contributed by atoms with Gasteiger partial charge in [0.25, 0.3) is 5.91 Å². The number of unbranched alkanes of at least 4 members (excludes halogenated alkanes) is 1. The summed E-state index contributed by atoms with van der Waals surface area (Å²) in [6.45, 7) is 8.47. The smallest absolute Gasteiger partial charge is 0.264 e. The minimum atomic E-state index is -0.223. The molecule has 1 heterocycles. The first-order chi connectivity index (χ1) is 11.5. The fourth-order valence-electron chi connectivity index (χ4n) is 2.42. The molecule has 6 heteroatoms. The van der Waals surface area contributed by atoms with Gasteiger partial charge in [-0.15, -0.1) is 10.2 Å². The monoisotopic (exact) mass is 347 g/mol. The lowest BCUT2D eigenvalue weighted by atomic mass is 9.98. The Hall–Kier alpha value is -1.95. The fourth-order valence-corrected chi connectivity index (χ4v) is 3.22. The summed E-state index contributed by atoms with van der Waals surface area (Å²) in [6, 6.07) is 5.93. The van der Waals surface area contributed by atoms with E-state index >= 15 is 0 Å². The second kappa shape index (κ2) is 8.78. The number of ether oxygens (including phenoxy) is 1. The quantitative estimate of drug-likeness (QED) is 0.772. The van der Waals surface area contributed by atoms with Crippen molar-refractivity contribution in [3.63, 3.8) is 0 Å². The van der Waals surface area contributed by atoms with Crippen LogP contribution in [0.3, 0.4) is 0 Å². The van der Waals surface area contributed by atoms with Gasteiger partial charge in [0.15, 0.2) is 6.61 Å². The summed E-state index contributed by atoms with van der Waals surface area (Å²) >= 11 is 1.42. The summed E-state index contributed by atoms with van der Waals surface area (Å²) in [4.78, 5) is 12.0. The zero-order chi connectivity index (χ0) is 17.5. The van der Waals surface area contributed by atoms with Crippen LogP contribution in [0.2, 0.25) is 0 Å². The topological polar surface area (TPSA) is 64.1 Å². The fraction of sp³-hybridized carbons (Fsp3) is 0.500. The van der Waals surface area contributed by atoms with E-state index in [4.69, 9.17) is 4.74 Å². The summed E-state index contributed by atoms with van der Waals surface area (Å²) in [5.74, 6) is 0.952. The molecule has 0 saturated carbocycles. The molecule has 0 saturated heterocycles. The van der Waals surface area contributed by atoms with E-state index in [0.717, 1.165) is 24.3 Å². The average Bonchev–Trinajstić information content (AvgIpc) is 2.98. The summed E-state index contributed by atoms with van der Waals surface area (Å²) in [5.41, 5.74) is 2.47. The van der Waals surface area contributed by atoms with Crippen molar-refractivity contribution < 1.29 is 9.53 Å². The molecule has 1 aromatic heterocycles. The number of carbonyl (C=O) groups is 1. The molecule has 0 atom stereocenters. The Kier molecular flexibility index (Phi) is 6.73. The van der Waals surface area contributed by atoms with Crippen LogP contribution in [0, 0.1) is 6.92 Å². The Morgan fingerprint density at radius 1 is 1.33 bits per heavy atom. The number of hydrogen-bond acceptors (Lipinski definition) is 5. The molecule has 5 nitrogen and oxygen atoms in total. The van der Waals surface area contributed by atoms with E-state index in [9.17, 15) is 4.79 Å². The van der Waals surface area contributed by atoms with E-state index in [0.29, 0.717) is 16.8 Å². The molecule has 1 amide bonds. The van der Waals surface area contributed by atoms with Gasteiger partial charge in [-0.3, -0.25) is 10.1 Å². The molecule has 0 fully saturated rings. The third-order valence-corrected chi connectivity index (χ3v) is 4.59. The molecule has 0 aliphatic carbocycles. The average molecular weight is 347 g/mol. The second-order valence-corrected chi connectivity index (χ2v) is 7.18. The maximum Gasteiger partial charge on any atom is 0.264 e. The van der Waals surface area contributed by atoms with Crippen LogP contribution in [0.15, 0.2) is 18.2 Å². The third-order valence-electron chi connectivity index (χ3n) is 3.69. The molecule has 1 aromatic carbocycles. The summed E-state index contributed by atoms with van der Waals surface area (Å²) in [6.07, 6.45) is 3.10. The Morgan fingerprint density at radius 3 is 2.79 bits per heavy atom. The molecule has 0 bridgehead atoms. The van der Waals surface area contributed by atoms with Crippen molar-refractivity contribution in [1.29, 1.82) is 0 Å². The van der Waals surface area contributed by atoms with Gasteiger partial charge < -0.3 is 4.74 Å². The Labute approximate surface area is 147 Å². The minimum Gasteiger partial charge on any atom is -0.484 e. The first kappa shape index (κ1) is 18.4. The highest BCUT2D eigenvalue weighted by atomic mass is 32.1. The first-order valence-electron chi connectivity index (χ1n) is 8.35. The van der Waals surface area contributed by atoms with Crippen LogP contribution in [0.1, 0.15) is 55.7 Å². The largest absolute Gasteiger partial charge is 0.484 e. The lowest BCUT2D eigenvalue weighted by Gasteiger charge is -2.12. The number of anilines is 1. The van der Waals surface area contributed by atoms with Crippen LogP contribution in [0.4, 0.5) is 5.13 Å². The van der Waals surface area contributed by atoms with E-state index in [1.165, 1.54) is 22.5 Å². The standard InChI is InChI=1S/C18H25N3O2S/c1-5-6-7-17-20-21-18(24-17)19-16(22)11-23-14-8-9-15(12(2)3)13(4)10-14/h8-10,12H,5-7,11H2,1-4H3,(H,19,21,22). The van der Waals surface area contributed by atoms with Crippen molar-refractivity contribution in [3.8, 4) is 5.75 Å². The van der Waals surface area contributed by atoms with Gasteiger partial charge >= 0.3 is 0 Å². The van der Waals surface area contributed by atoms with Crippen molar-refractivity contribution in [3.05, 3.63) is 34.3 Å². The number of benzene rings is 1. The summed E-state index contributed by atoms with van der Waals surface area (Å²) in [7, 11) is 0. The van der Waals surface area contributed by atoms with Crippen LogP contribution in [-0.2, 0) is 11.2 Å². The van der Waals surface area contributed by atoms with Gasteiger partial charge in [-0.05, 0) is 42.5 Å². The number of aromatic nitrogens is 2. The van der Waals surface area contributed by atoms with E-state index in [2.05, 4.69) is 49.3 Å². The molecule has 0 aliphatic rings. The molecule has 0 radical (unpaired) electrons. The molecule has 2 rings (SSSR count). The maximum atomic E-state index is 12.0. The Balaban J connectivity index is 1.84. The Bertz CT molecular complexity index is 683. The molecule has 130 valence electrons. The number of nitrogens with one attached hydrogen (secondary N) is 1. The molecule has 0 unspecified atom stereocenters. The van der Waals surface area contributed by atoms with Crippen molar-refractivity contribution >= 4 is 22.4 Å². The van der Waals surface area contributed by atoms with Gasteiger partial charge in [0.05, 0.1) is 0 Å². The lowest BCUT2D eigenvalue weighted by Crippen LogP contribution is -2.20. The zero-order valence-corrected chi connectivity index (χ0v) is 15.6. The summed E-state index contributed by atoms with van der Waals surface area (Å²) < 4.78 is 5.57. The van der Waals surface area contributed by atoms with Crippen LogP contribution in [0.25, 0.3) is 0 Å². The van der Waals surface area contributed by atoms with E-state index < -0.39 is 0 Å². The van der Waals surface area contributed by atoms with Gasteiger partial charge in [0, 0.05) is 6.42 Å². The van der Waals surface area contributed by atoms with Crippen molar-refractivity contribution in [1.82, 2.24) is 10.2 Å². The van der Waals surface area contributed by atoms with Gasteiger partial charge in [-0.2, -0.15) is 0 Å². The van der Waals surface area contributed by atoms with E-state index in [1.54, 1.807) is 0 Å². The van der Waals surface area contributed by atoms with Crippen LogP contribution in [0.5, 0.6) is 5.75 Å². The van der Waals surface area contributed by atoms with Gasteiger partial charge in [-0.1, -0.05) is 44.6 Å². The molecule has 24 heavy (non-hydrogen) atoms. The van der Waals surface area contributed by atoms with Crippen LogP contribution >= 0.6 is 11.3 Å². The number of hydrogen-bond donors (Lipinski definition) is 1. The zero-order valence-electron chi connectivity index (χ0n) is 14.8. The number of nitrogens with zero attached hydrogens (tertiary/aromatic N) is 2. The van der Waals surface area contributed by atoms with E-state index in [1.807, 2.05) is 12.1 Å². The highest BCUT2D eigenvalue weighted by Crippen LogP contribution is 2.23. The maximum absolute atomic E-state index is 12.0. The van der Waals surface area contributed by atoms with E-state index in [-0.39, 0.29) is 12.5 Å². The third kappa shape index (κ3) is 5.30. The molecule has 0 spiro atoms. The summed E-state index contributed by atoms with van der Waals surface area (Å²) in [5, 5.41) is 12.3. The van der Waals surface area contributed by atoms with Crippen molar-refractivity contribution in [2.24, 2.45) is 0 Å². The molecular weight excluding hydrogens is 322 g/mol. The molecule has 2 aromatic rings. The van der Waals surface area contributed by atoms with Gasteiger partial charge in [0.1, 0.15) is 10.8 Å². The lowest BCUT2D eigenvalue weighted by molar-refractivity contribution is -0.118. The predicted octanol–water partition coefficient (Wildman–Crippen LogP) is 4.33. The number of amides is 1. The predicted molar refractivity (Wildman–Crippen MR) is 97.9 cm³/mol. The molecular formula is C18H25N3O2S. The number of rotatable bonds is 8. The van der Waals surface area contributed by atoms with Gasteiger partial charge in [-0.25, -0.2) is 0 Å². The first-order valence-corrected chi connectivity index (χ1v) is 9.16. The van der Waals surface area contributed by atoms with Crippen molar-refractivity contribution in [2.75, 3.05) is 11.9 Å². The normalized spacial score (nSPS) is 10.9. The molecule has 0 aliphatic heterocycles. The molecule has 1 N–H and O–H groups in total. The number of carbonyl (C=O) groups excluding carboxylic acids is 1. The SMILES string of the molecule is CCCCc1nnc(NC(=O)COc2ccc(C(C)C)c(C)c2)s1. The Morgan fingerprint density at radius 2 is 2.12 bits per heavy atom. The minimum absolute atomic E-state index is 0.0374. The van der Waals surface area contributed by atoms with Crippen LogP contribution < -0.4 is 10.1 Å². The van der Waals surface area contributed by atoms with Crippen LogP contribution in [-0.4, -0.2) is 22.7 Å². The number of aryl methyl sites for hydroxylation is 2. The highest BCUT2D eigenvalue weighted by molar-refractivity contribution is 7.15.